The van der Waals surface area contributed by atoms with Crippen LogP contribution < -0.4 is 10.2 Å². The van der Waals surface area contributed by atoms with E-state index in [0.717, 1.165) is 36.6 Å². The lowest BCUT2D eigenvalue weighted by Gasteiger charge is -2.32. The number of nitrogens with one attached hydrogen (secondary N) is 1. The second-order valence-electron chi connectivity index (χ2n) is 8.00. The van der Waals surface area contributed by atoms with E-state index >= 15 is 0 Å². The number of hydrogen-bond acceptors (Lipinski definition) is 6. The van der Waals surface area contributed by atoms with Gasteiger partial charge in [0.1, 0.15) is 0 Å². The van der Waals surface area contributed by atoms with Crippen molar-refractivity contribution < 1.29 is 9.59 Å². The van der Waals surface area contributed by atoms with E-state index in [-0.39, 0.29) is 17.6 Å². The zero-order chi connectivity index (χ0) is 22.0. The van der Waals surface area contributed by atoms with Gasteiger partial charge in [0, 0.05) is 30.0 Å². The van der Waals surface area contributed by atoms with E-state index in [1.807, 2.05) is 32.0 Å². The van der Waals surface area contributed by atoms with Crippen molar-refractivity contribution in [3.8, 4) is 5.82 Å². The summed E-state index contributed by atoms with van der Waals surface area (Å²) in [6.45, 7) is 6.88. The van der Waals surface area contributed by atoms with E-state index in [1.165, 1.54) is 6.92 Å². The smallest absolute Gasteiger partial charge is 0.229 e. The number of amides is 1. The fourth-order valence-corrected chi connectivity index (χ4v) is 3.89. The van der Waals surface area contributed by atoms with Gasteiger partial charge in [-0.2, -0.15) is 5.10 Å². The number of nitrogens with zero attached hydrogens (tertiary/aromatic N) is 5. The number of aromatic nitrogens is 4. The van der Waals surface area contributed by atoms with E-state index in [1.54, 1.807) is 28.9 Å². The number of Topliss-reactive ketones (excluding diaryl/α,β-unsaturated/α-hetero) is 1. The van der Waals surface area contributed by atoms with Gasteiger partial charge in [0.25, 0.3) is 0 Å². The van der Waals surface area contributed by atoms with Crippen LogP contribution >= 0.6 is 0 Å². The molecule has 1 aliphatic heterocycles. The molecule has 3 aromatic rings. The quantitative estimate of drug-likeness (QED) is 0.639. The molecule has 4 rings (SSSR count). The summed E-state index contributed by atoms with van der Waals surface area (Å²) in [5.41, 5.74) is 3.26. The van der Waals surface area contributed by atoms with E-state index in [4.69, 9.17) is 0 Å². The van der Waals surface area contributed by atoms with Gasteiger partial charge in [-0.3, -0.25) is 9.59 Å². The molecule has 0 spiro atoms. The first kappa shape index (κ1) is 20.7. The third-order valence-electron chi connectivity index (χ3n) is 5.54. The van der Waals surface area contributed by atoms with Gasteiger partial charge in [0.05, 0.1) is 11.6 Å². The lowest BCUT2D eigenvalue weighted by Crippen LogP contribution is -2.41. The van der Waals surface area contributed by atoms with Crippen molar-refractivity contribution in [2.45, 2.75) is 33.6 Å². The topological polar surface area (TPSA) is 93.0 Å². The van der Waals surface area contributed by atoms with Gasteiger partial charge in [-0.1, -0.05) is 0 Å². The minimum atomic E-state index is -0.140. The first-order chi connectivity index (χ1) is 14.9. The molecule has 160 valence electrons. The van der Waals surface area contributed by atoms with Crippen molar-refractivity contribution in [3.63, 3.8) is 0 Å². The van der Waals surface area contributed by atoms with Crippen LogP contribution in [0.2, 0.25) is 0 Å². The van der Waals surface area contributed by atoms with Crippen LogP contribution in [-0.2, 0) is 4.79 Å². The van der Waals surface area contributed by atoms with Crippen LogP contribution in [0.5, 0.6) is 0 Å². The van der Waals surface area contributed by atoms with E-state index in [0.29, 0.717) is 23.6 Å². The summed E-state index contributed by atoms with van der Waals surface area (Å²) in [6, 6.07) is 12.8. The zero-order valence-corrected chi connectivity index (χ0v) is 18.0. The highest BCUT2D eigenvalue weighted by Gasteiger charge is 2.27. The van der Waals surface area contributed by atoms with Crippen molar-refractivity contribution >= 4 is 23.2 Å². The van der Waals surface area contributed by atoms with Crippen molar-refractivity contribution in [3.05, 3.63) is 59.4 Å². The average molecular weight is 419 g/mol. The summed E-state index contributed by atoms with van der Waals surface area (Å²) < 4.78 is 1.77. The Labute approximate surface area is 181 Å². The molecule has 0 radical (unpaired) electrons. The SMILES string of the molecule is CC(=O)c1ccc(NC(=O)[C@@H]2CCCN(c3ccc(-n4nc(C)cc4C)nn3)C2)cc1. The lowest BCUT2D eigenvalue weighted by atomic mass is 9.97. The van der Waals surface area contributed by atoms with Crippen molar-refractivity contribution in [1.82, 2.24) is 20.0 Å². The predicted octanol–water partition coefficient (Wildman–Crippen LogP) is 3.34. The Kier molecular flexibility index (Phi) is 5.79. The summed E-state index contributed by atoms with van der Waals surface area (Å²) in [7, 11) is 0. The molecule has 1 atom stereocenters. The van der Waals surface area contributed by atoms with Crippen LogP contribution in [-0.4, -0.2) is 44.8 Å². The standard InChI is InChI=1S/C23H26N6O2/c1-15-13-16(2)29(27-15)22-11-10-21(25-26-22)28-12-4-5-19(14-28)23(31)24-20-8-6-18(7-9-20)17(3)30/h6-11,13,19H,4-5,12,14H2,1-3H3,(H,24,31)/t19-/m1/s1. The Morgan fingerprint density at radius 1 is 1.03 bits per heavy atom. The van der Waals surface area contributed by atoms with Gasteiger partial charge in [-0.15, -0.1) is 10.2 Å². The zero-order valence-electron chi connectivity index (χ0n) is 18.0. The molecule has 8 nitrogen and oxygen atoms in total. The van der Waals surface area contributed by atoms with Crippen LogP contribution in [0.15, 0.2) is 42.5 Å². The fraction of sp³-hybridized carbons (Fsp3) is 0.348. The number of rotatable bonds is 5. The number of piperidine rings is 1. The van der Waals surface area contributed by atoms with E-state index < -0.39 is 0 Å². The third-order valence-corrected chi connectivity index (χ3v) is 5.54. The predicted molar refractivity (Wildman–Crippen MR) is 119 cm³/mol. The maximum absolute atomic E-state index is 12.8. The van der Waals surface area contributed by atoms with Crippen molar-refractivity contribution in [2.75, 3.05) is 23.3 Å². The molecule has 31 heavy (non-hydrogen) atoms. The van der Waals surface area contributed by atoms with E-state index in [2.05, 4.69) is 25.5 Å². The maximum Gasteiger partial charge on any atom is 0.229 e. The molecule has 8 heteroatoms. The van der Waals surface area contributed by atoms with Gasteiger partial charge >= 0.3 is 0 Å². The van der Waals surface area contributed by atoms with Crippen LogP contribution in [0.25, 0.3) is 5.82 Å². The van der Waals surface area contributed by atoms with Crippen molar-refractivity contribution in [2.24, 2.45) is 5.92 Å². The second-order valence-corrected chi connectivity index (χ2v) is 8.00. The summed E-state index contributed by atoms with van der Waals surface area (Å²) in [4.78, 5) is 26.3. The Morgan fingerprint density at radius 2 is 1.74 bits per heavy atom. The van der Waals surface area contributed by atoms with Crippen LogP contribution in [0.1, 0.15) is 41.5 Å². The van der Waals surface area contributed by atoms with Crippen molar-refractivity contribution in [1.29, 1.82) is 0 Å². The minimum Gasteiger partial charge on any atom is -0.354 e. The Morgan fingerprint density at radius 3 is 2.35 bits per heavy atom. The van der Waals surface area contributed by atoms with Gasteiger partial charge in [-0.05, 0) is 76.1 Å². The summed E-state index contributed by atoms with van der Waals surface area (Å²) >= 11 is 0. The normalized spacial score (nSPS) is 16.2. The number of ketones is 1. The minimum absolute atomic E-state index is 0.00535. The highest BCUT2D eigenvalue weighted by molar-refractivity contribution is 5.96. The third kappa shape index (κ3) is 4.63. The maximum atomic E-state index is 12.8. The molecule has 1 fully saturated rings. The molecule has 1 N–H and O–H groups in total. The molecule has 0 bridgehead atoms. The van der Waals surface area contributed by atoms with Gasteiger partial charge in [-0.25, -0.2) is 4.68 Å². The molecule has 2 aromatic heterocycles. The number of hydrogen-bond donors (Lipinski definition) is 1. The number of aryl methyl sites for hydroxylation is 2. The lowest BCUT2D eigenvalue weighted by molar-refractivity contribution is -0.120. The van der Waals surface area contributed by atoms with Crippen LogP contribution in [0.3, 0.4) is 0 Å². The Bertz CT molecular complexity index is 1090. The first-order valence-electron chi connectivity index (χ1n) is 10.4. The molecule has 0 unspecified atom stereocenters. The monoisotopic (exact) mass is 418 g/mol. The average Bonchev–Trinajstić information content (AvgIpc) is 3.12. The molecule has 1 aromatic carbocycles. The Balaban J connectivity index is 1.41. The summed E-state index contributed by atoms with van der Waals surface area (Å²) in [5, 5.41) is 16.1. The largest absolute Gasteiger partial charge is 0.354 e. The number of benzene rings is 1. The molecular formula is C23H26N6O2. The number of carbonyl (C=O) groups excluding carboxylic acids is 2. The first-order valence-corrected chi connectivity index (χ1v) is 10.4. The number of anilines is 2. The molecule has 1 saturated heterocycles. The summed E-state index contributed by atoms with van der Waals surface area (Å²) in [6.07, 6.45) is 1.73. The van der Waals surface area contributed by atoms with E-state index in [9.17, 15) is 9.59 Å². The molecule has 0 aliphatic carbocycles. The second kappa shape index (κ2) is 8.67. The van der Waals surface area contributed by atoms with Crippen LogP contribution in [0.4, 0.5) is 11.5 Å². The Hall–Kier alpha value is -3.55. The molecule has 0 saturated carbocycles. The number of carbonyl (C=O) groups is 2. The van der Waals surface area contributed by atoms with Gasteiger partial charge in [0.15, 0.2) is 17.4 Å². The molecule has 1 amide bonds. The molecule has 3 heterocycles. The van der Waals surface area contributed by atoms with Gasteiger partial charge in [0.2, 0.25) is 5.91 Å². The highest BCUT2D eigenvalue weighted by atomic mass is 16.2. The van der Waals surface area contributed by atoms with Gasteiger partial charge < -0.3 is 10.2 Å². The molecular weight excluding hydrogens is 392 g/mol. The fourth-order valence-electron chi connectivity index (χ4n) is 3.89. The van der Waals surface area contributed by atoms with Crippen LogP contribution in [0, 0.1) is 19.8 Å². The molecule has 1 aliphatic rings. The highest BCUT2D eigenvalue weighted by Crippen LogP contribution is 2.23. The summed E-state index contributed by atoms with van der Waals surface area (Å²) in [5.74, 6) is 1.28.